The summed E-state index contributed by atoms with van der Waals surface area (Å²) in [6.45, 7) is 2.69. The Kier molecular flexibility index (Phi) is 3.64. The number of hydrogen-bond acceptors (Lipinski definition) is 3. The van der Waals surface area contributed by atoms with Gasteiger partial charge in [0.1, 0.15) is 11.9 Å². The predicted molar refractivity (Wildman–Crippen MR) is 65.8 cm³/mol. The fourth-order valence-corrected chi connectivity index (χ4v) is 2.07. The molecule has 3 N–H and O–H groups in total. The highest BCUT2D eigenvalue weighted by molar-refractivity contribution is 5.74. The number of para-hydroxylation sites is 1. The highest BCUT2D eigenvalue weighted by Crippen LogP contribution is 2.27. The lowest BCUT2D eigenvalue weighted by Crippen LogP contribution is -2.38. The minimum Gasteiger partial charge on any atom is -0.488 e. The zero-order valence-corrected chi connectivity index (χ0v) is 9.98. The lowest BCUT2D eigenvalue weighted by atomic mass is 10.1. The van der Waals surface area contributed by atoms with Crippen LogP contribution in [0.15, 0.2) is 24.3 Å². The van der Waals surface area contributed by atoms with Crippen molar-refractivity contribution in [1.29, 1.82) is 0 Å². The lowest BCUT2D eigenvalue weighted by Gasteiger charge is -2.16. The highest BCUT2D eigenvalue weighted by atomic mass is 16.5. The number of benzene rings is 1. The van der Waals surface area contributed by atoms with Gasteiger partial charge in [0.05, 0.1) is 0 Å². The molecule has 2 atom stereocenters. The van der Waals surface area contributed by atoms with Crippen molar-refractivity contribution >= 4 is 5.91 Å². The first-order valence-corrected chi connectivity index (χ1v) is 5.91. The van der Waals surface area contributed by atoms with E-state index in [0.717, 1.165) is 18.7 Å². The van der Waals surface area contributed by atoms with Crippen molar-refractivity contribution in [2.75, 3.05) is 6.54 Å². The number of carbonyl (C=O) groups excluding carboxylic acids is 1. The van der Waals surface area contributed by atoms with Crippen LogP contribution in [0.4, 0.5) is 0 Å². The summed E-state index contributed by atoms with van der Waals surface area (Å²) in [7, 11) is 0. The molecule has 1 aromatic rings. The second-order valence-corrected chi connectivity index (χ2v) is 4.53. The Bertz CT molecular complexity index is 381. The first-order valence-electron chi connectivity index (χ1n) is 5.91. The summed E-state index contributed by atoms with van der Waals surface area (Å²) >= 11 is 0. The number of nitrogens with one attached hydrogen (secondary N) is 1. The minimum absolute atomic E-state index is 0.0970. The summed E-state index contributed by atoms with van der Waals surface area (Å²) in [6.07, 6.45) is 1.44. The van der Waals surface area contributed by atoms with Gasteiger partial charge in [0, 0.05) is 25.4 Å². The highest BCUT2D eigenvalue weighted by Gasteiger charge is 2.22. The van der Waals surface area contributed by atoms with Crippen LogP contribution in [0.5, 0.6) is 5.75 Å². The molecule has 0 saturated heterocycles. The minimum atomic E-state index is -0.277. The van der Waals surface area contributed by atoms with Gasteiger partial charge in [0.2, 0.25) is 5.91 Å². The summed E-state index contributed by atoms with van der Waals surface area (Å²) in [5.74, 6) is 0.697. The number of hydrogen-bond donors (Lipinski definition) is 2. The Hall–Kier alpha value is -1.55. The number of fused-ring (bicyclic) bond motifs is 1. The van der Waals surface area contributed by atoms with E-state index in [0.29, 0.717) is 6.42 Å². The number of amides is 1. The molecule has 1 aliphatic heterocycles. The van der Waals surface area contributed by atoms with Crippen molar-refractivity contribution in [1.82, 2.24) is 5.32 Å². The van der Waals surface area contributed by atoms with Crippen LogP contribution in [-0.2, 0) is 11.2 Å². The monoisotopic (exact) mass is 234 g/mol. The van der Waals surface area contributed by atoms with Crippen LogP contribution in [0.1, 0.15) is 18.9 Å². The number of primary amides is 1. The number of nitrogens with two attached hydrogens (primary N) is 1. The fraction of sp³-hybridized carbons (Fsp3) is 0.462. The summed E-state index contributed by atoms with van der Waals surface area (Å²) in [5, 5.41) is 3.26. The van der Waals surface area contributed by atoms with Crippen LogP contribution < -0.4 is 15.8 Å². The van der Waals surface area contributed by atoms with Gasteiger partial charge >= 0.3 is 0 Å². The molecule has 0 fully saturated rings. The first-order chi connectivity index (χ1) is 8.15. The van der Waals surface area contributed by atoms with Crippen LogP contribution in [0.25, 0.3) is 0 Å². The molecule has 0 saturated carbocycles. The van der Waals surface area contributed by atoms with Gasteiger partial charge in [-0.1, -0.05) is 18.2 Å². The Labute approximate surface area is 101 Å². The zero-order chi connectivity index (χ0) is 12.3. The third kappa shape index (κ3) is 3.20. The molecular weight excluding hydrogens is 216 g/mol. The maximum atomic E-state index is 10.7. The molecule has 4 heteroatoms. The summed E-state index contributed by atoms with van der Waals surface area (Å²) < 4.78 is 5.78. The van der Waals surface area contributed by atoms with Crippen LogP contribution in [0.3, 0.4) is 0 Å². The van der Waals surface area contributed by atoms with E-state index in [2.05, 4.69) is 11.4 Å². The summed E-state index contributed by atoms with van der Waals surface area (Å²) in [4.78, 5) is 10.7. The third-order valence-electron chi connectivity index (χ3n) is 2.92. The van der Waals surface area contributed by atoms with E-state index < -0.39 is 0 Å². The van der Waals surface area contributed by atoms with E-state index >= 15 is 0 Å². The predicted octanol–water partition coefficient (Wildman–Crippen LogP) is 0.844. The van der Waals surface area contributed by atoms with Crippen molar-refractivity contribution in [3.63, 3.8) is 0 Å². The molecule has 4 nitrogen and oxygen atoms in total. The molecular formula is C13H18N2O2. The van der Waals surface area contributed by atoms with Crippen LogP contribution in [0, 0.1) is 0 Å². The maximum absolute atomic E-state index is 10.7. The number of rotatable bonds is 5. The van der Waals surface area contributed by atoms with E-state index in [-0.39, 0.29) is 18.1 Å². The van der Waals surface area contributed by atoms with Gasteiger partial charge in [-0.15, -0.1) is 0 Å². The molecule has 2 unspecified atom stereocenters. The molecule has 1 amide bonds. The Morgan fingerprint density at radius 1 is 1.59 bits per heavy atom. The van der Waals surface area contributed by atoms with Crippen LogP contribution in [-0.4, -0.2) is 24.6 Å². The molecule has 1 heterocycles. The van der Waals surface area contributed by atoms with Crippen molar-refractivity contribution in [3.8, 4) is 5.75 Å². The topological polar surface area (TPSA) is 64.4 Å². The first kappa shape index (κ1) is 11.9. The van der Waals surface area contributed by atoms with Gasteiger partial charge in [0.15, 0.2) is 0 Å². The SMILES string of the molecule is CC(CC(N)=O)NCC1Cc2ccccc2O1. The summed E-state index contributed by atoms with van der Waals surface area (Å²) in [6, 6.07) is 8.17. The molecule has 0 bridgehead atoms. The molecule has 0 radical (unpaired) electrons. The van der Waals surface area contributed by atoms with Gasteiger partial charge < -0.3 is 15.8 Å². The van der Waals surface area contributed by atoms with Gasteiger partial charge in [-0.25, -0.2) is 0 Å². The Morgan fingerprint density at radius 2 is 2.35 bits per heavy atom. The molecule has 2 rings (SSSR count). The van der Waals surface area contributed by atoms with E-state index in [9.17, 15) is 4.79 Å². The van der Waals surface area contributed by atoms with E-state index in [1.807, 2.05) is 25.1 Å². The fourth-order valence-electron chi connectivity index (χ4n) is 2.07. The number of carbonyl (C=O) groups is 1. The van der Waals surface area contributed by atoms with E-state index in [4.69, 9.17) is 10.5 Å². The second-order valence-electron chi connectivity index (χ2n) is 4.53. The molecule has 92 valence electrons. The third-order valence-corrected chi connectivity index (χ3v) is 2.92. The Balaban J connectivity index is 1.78. The van der Waals surface area contributed by atoms with Gasteiger partial charge in [-0.05, 0) is 18.6 Å². The van der Waals surface area contributed by atoms with Gasteiger partial charge in [-0.3, -0.25) is 4.79 Å². The van der Waals surface area contributed by atoms with Crippen LogP contribution in [0.2, 0.25) is 0 Å². The quantitative estimate of drug-likeness (QED) is 0.793. The maximum Gasteiger partial charge on any atom is 0.218 e. The average molecular weight is 234 g/mol. The van der Waals surface area contributed by atoms with E-state index in [1.54, 1.807) is 0 Å². The van der Waals surface area contributed by atoms with E-state index in [1.165, 1.54) is 5.56 Å². The normalized spacial score (nSPS) is 19.5. The van der Waals surface area contributed by atoms with Crippen molar-refractivity contribution < 1.29 is 9.53 Å². The molecule has 0 aliphatic carbocycles. The molecule has 0 aromatic heterocycles. The molecule has 1 aromatic carbocycles. The Morgan fingerprint density at radius 3 is 3.06 bits per heavy atom. The smallest absolute Gasteiger partial charge is 0.218 e. The van der Waals surface area contributed by atoms with Gasteiger partial charge in [0.25, 0.3) is 0 Å². The molecule has 0 spiro atoms. The molecule has 17 heavy (non-hydrogen) atoms. The lowest BCUT2D eigenvalue weighted by molar-refractivity contribution is -0.118. The second kappa shape index (κ2) is 5.19. The van der Waals surface area contributed by atoms with Gasteiger partial charge in [-0.2, -0.15) is 0 Å². The standard InChI is InChI=1S/C13H18N2O2/c1-9(6-13(14)16)15-8-11-7-10-4-2-3-5-12(10)17-11/h2-5,9,11,15H,6-8H2,1H3,(H2,14,16). The van der Waals surface area contributed by atoms with Crippen molar-refractivity contribution in [2.45, 2.75) is 31.9 Å². The van der Waals surface area contributed by atoms with Crippen molar-refractivity contribution in [3.05, 3.63) is 29.8 Å². The number of ether oxygens (including phenoxy) is 1. The van der Waals surface area contributed by atoms with Crippen molar-refractivity contribution in [2.24, 2.45) is 5.73 Å². The largest absolute Gasteiger partial charge is 0.488 e. The van der Waals surface area contributed by atoms with Crippen LogP contribution >= 0.6 is 0 Å². The molecule has 1 aliphatic rings. The zero-order valence-electron chi connectivity index (χ0n) is 9.98. The summed E-state index contributed by atoms with van der Waals surface area (Å²) in [5.41, 5.74) is 6.39. The average Bonchev–Trinajstić information content (AvgIpc) is 2.68.